The van der Waals surface area contributed by atoms with Gasteiger partial charge in [-0.2, -0.15) is 0 Å². The van der Waals surface area contributed by atoms with Gasteiger partial charge in [-0.15, -0.1) is 0 Å². The largest absolute Gasteiger partial charge is 0.480 e. The minimum atomic E-state index is -1.11. The molecule has 1 aliphatic carbocycles. The lowest BCUT2D eigenvalue weighted by molar-refractivity contribution is -0.143. The molecule has 0 unspecified atom stereocenters. The van der Waals surface area contributed by atoms with Crippen molar-refractivity contribution in [1.82, 2.24) is 10.6 Å². The minimum Gasteiger partial charge on any atom is -0.480 e. The van der Waals surface area contributed by atoms with E-state index in [0.717, 1.165) is 22.3 Å². The molecule has 0 saturated carbocycles. The summed E-state index contributed by atoms with van der Waals surface area (Å²) in [6, 6.07) is 15.2. The summed E-state index contributed by atoms with van der Waals surface area (Å²) in [6.45, 7) is 5.35. The fourth-order valence-corrected chi connectivity index (χ4v) is 4.20. The second-order valence-corrected chi connectivity index (χ2v) is 8.20. The van der Waals surface area contributed by atoms with Gasteiger partial charge in [0.1, 0.15) is 12.6 Å². The highest BCUT2D eigenvalue weighted by atomic mass is 16.5. The van der Waals surface area contributed by atoms with Crippen LogP contribution < -0.4 is 10.6 Å². The predicted molar refractivity (Wildman–Crippen MR) is 121 cm³/mol. The fourth-order valence-electron chi connectivity index (χ4n) is 4.20. The first kappa shape index (κ1) is 23.3. The Kier molecular flexibility index (Phi) is 7.18. The molecule has 2 aromatic rings. The van der Waals surface area contributed by atoms with E-state index in [2.05, 4.69) is 34.9 Å². The van der Waals surface area contributed by atoms with Crippen LogP contribution in [-0.4, -0.2) is 42.3 Å². The van der Waals surface area contributed by atoms with Crippen LogP contribution in [0.15, 0.2) is 48.5 Å². The zero-order valence-corrected chi connectivity index (χ0v) is 18.7. The quantitative estimate of drug-likeness (QED) is 0.550. The maximum absolute atomic E-state index is 12.7. The molecule has 1 aliphatic rings. The molecule has 0 spiro atoms. The van der Waals surface area contributed by atoms with Gasteiger partial charge in [-0.1, -0.05) is 62.4 Å². The number of amides is 2. The van der Waals surface area contributed by atoms with Gasteiger partial charge in [0, 0.05) is 12.5 Å². The first-order valence-corrected chi connectivity index (χ1v) is 11.0. The van der Waals surface area contributed by atoms with E-state index in [1.54, 1.807) is 0 Å². The second-order valence-electron chi connectivity index (χ2n) is 8.20. The molecule has 0 bridgehead atoms. The number of carbonyl (C=O) groups excluding carboxylic acids is 2. The molecule has 0 heterocycles. The first-order chi connectivity index (χ1) is 15.3. The number of hydrogen-bond acceptors (Lipinski definition) is 4. The van der Waals surface area contributed by atoms with Crippen LogP contribution in [0.4, 0.5) is 4.79 Å². The van der Waals surface area contributed by atoms with Crippen molar-refractivity contribution >= 4 is 18.0 Å². The third-order valence-electron chi connectivity index (χ3n) is 6.47. The summed E-state index contributed by atoms with van der Waals surface area (Å²) >= 11 is 0. The van der Waals surface area contributed by atoms with Crippen molar-refractivity contribution < 1.29 is 24.2 Å². The highest BCUT2D eigenvalue weighted by Crippen LogP contribution is 2.44. The van der Waals surface area contributed by atoms with E-state index < -0.39 is 29.4 Å². The maximum atomic E-state index is 12.7. The molecule has 0 saturated heterocycles. The molecule has 2 aromatic carbocycles. The summed E-state index contributed by atoms with van der Waals surface area (Å²) in [7, 11) is 0. The van der Waals surface area contributed by atoms with Gasteiger partial charge in [0.2, 0.25) is 5.91 Å². The highest BCUT2D eigenvalue weighted by molar-refractivity contribution is 5.87. The Morgan fingerprint density at radius 2 is 1.53 bits per heavy atom. The Morgan fingerprint density at radius 1 is 1.00 bits per heavy atom. The van der Waals surface area contributed by atoms with Crippen LogP contribution in [0.1, 0.15) is 50.7 Å². The molecular weight excluding hydrogens is 408 g/mol. The van der Waals surface area contributed by atoms with Gasteiger partial charge in [-0.25, -0.2) is 4.79 Å². The van der Waals surface area contributed by atoms with Gasteiger partial charge in [-0.05, 0) is 42.0 Å². The van der Waals surface area contributed by atoms with Crippen LogP contribution in [0.25, 0.3) is 11.1 Å². The van der Waals surface area contributed by atoms with Crippen LogP contribution in [0.5, 0.6) is 0 Å². The van der Waals surface area contributed by atoms with Crippen molar-refractivity contribution in [2.75, 3.05) is 13.2 Å². The standard InChI is InChI=1S/C25H30N2O5/c1-4-25(5-2,23(30)27-16(3)22(28)29)15-26-24(31)32-14-21-19-12-8-6-10-17(19)18-11-7-9-13-20(18)21/h6-13,16,21H,4-5,14-15H2,1-3H3,(H,26,31)(H,27,30)(H,28,29)/t16-/m0/s1. The molecule has 2 amide bonds. The lowest BCUT2D eigenvalue weighted by Crippen LogP contribution is -2.51. The second kappa shape index (κ2) is 9.85. The van der Waals surface area contributed by atoms with E-state index in [0.29, 0.717) is 12.8 Å². The van der Waals surface area contributed by atoms with Crippen molar-refractivity contribution in [2.24, 2.45) is 5.41 Å². The van der Waals surface area contributed by atoms with E-state index in [4.69, 9.17) is 9.84 Å². The Balaban J connectivity index is 1.63. The topological polar surface area (TPSA) is 105 Å². The van der Waals surface area contributed by atoms with Crippen molar-refractivity contribution in [3.8, 4) is 11.1 Å². The van der Waals surface area contributed by atoms with Gasteiger partial charge in [0.25, 0.3) is 0 Å². The summed E-state index contributed by atoms with van der Waals surface area (Å²) in [5, 5.41) is 14.3. The molecule has 3 N–H and O–H groups in total. The van der Waals surface area contributed by atoms with Gasteiger partial charge in [-0.3, -0.25) is 9.59 Å². The van der Waals surface area contributed by atoms with E-state index in [1.165, 1.54) is 6.92 Å². The van der Waals surface area contributed by atoms with Crippen LogP contribution in [0.2, 0.25) is 0 Å². The molecule has 3 rings (SSSR count). The van der Waals surface area contributed by atoms with Crippen molar-refractivity contribution in [1.29, 1.82) is 0 Å². The number of carboxylic acid groups (broad SMARTS) is 1. The molecule has 0 fully saturated rings. The Bertz CT molecular complexity index is 954. The number of aliphatic carboxylic acids is 1. The summed E-state index contributed by atoms with van der Waals surface area (Å²) in [5.41, 5.74) is 3.64. The smallest absolute Gasteiger partial charge is 0.407 e. The summed E-state index contributed by atoms with van der Waals surface area (Å²) in [6.07, 6.45) is 0.300. The Hall–Kier alpha value is -3.35. The predicted octanol–water partition coefficient (Wildman–Crippen LogP) is 3.92. The molecule has 32 heavy (non-hydrogen) atoms. The zero-order chi connectivity index (χ0) is 23.3. The van der Waals surface area contributed by atoms with Crippen molar-refractivity contribution in [3.63, 3.8) is 0 Å². The first-order valence-electron chi connectivity index (χ1n) is 11.0. The molecule has 0 radical (unpaired) electrons. The Morgan fingerprint density at radius 3 is 2.03 bits per heavy atom. The summed E-state index contributed by atoms with van der Waals surface area (Å²) < 4.78 is 5.55. The normalized spacial score (nSPS) is 13.6. The summed E-state index contributed by atoms with van der Waals surface area (Å²) in [5.74, 6) is -1.55. The lowest BCUT2D eigenvalue weighted by Gasteiger charge is -2.31. The van der Waals surface area contributed by atoms with E-state index in [1.807, 2.05) is 38.1 Å². The highest BCUT2D eigenvalue weighted by Gasteiger charge is 2.37. The van der Waals surface area contributed by atoms with Gasteiger partial charge < -0.3 is 20.5 Å². The SMILES string of the molecule is CCC(CC)(CNC(=O)OCC1c2ccccc2-c2ccccc21)C(=O)N[C@@H](C)C(=O)O. The number of rotatable bonds is 9. The van der Waals surface area contributed by atoms with Crippen LogP contribution in [0, 0.1) is 5.41 Å². The molecule has 0 aliphatic heterocycles. The minimum absolute atomic E-state index is 0.0463. The number of fused-ring (bicyclic) bond motifs is 3. The third-order valence-corrected chi connectivity index (χ3v) is 6.47. The lowest BCUT2D eigenvalue weighted by atomic mass is 9.81. The molecule has 0 aromatic heterocycles. The van der Waals surface area contributed by atoms with E-state index >= 15 is 0 Å². The number of ether oxygens (including phenoxy) is 1. The molecule has 170 valence electrons. The Labute approximate surface area is 188 Å². The maximum Gasteiger partial charge on any atom is 0.407 e. The monoisotopic (exact) mass is 438 g/mol. The average Bonchev–Trinajstić information content (AvgIpc) is 3.12. The van der Waals surface area contributed by atoms with Gasteiger partial charge in [0.05, 0.1) is 5.41 Å². The molecular formula is C25H30N2O5. The number of hydrogen-bond donors (Lipinski definition) is 3. The summed E-state index contributed by atoms with van der Waals surface area (Å²) in [4.78, 5) is 36.3. The number of carbonyl (C=O) groups is 3. The van der Waals surface area contributed by atoms with Crippen molar-refractivity contribution in [2.45, 2.75) is 45.6 Å². The number of carboxylic acids is 1. The van der Waals surface area contributed by atoms with Crippen molar-refractivity contribution in [3.05, 3.63) is 59.7 Å². The number of alkyl carbamates (subject to hydrolysis) is 1. The van der Waals surface area contributed by atoms with Gasteiger partial charge in [0.15, 0.2) is 0 Å². The van der Waals surface area contributed by atoms with E-state index in [9.17, 15) is 14.4 Å². The molecule has 7 heteroatoms. The fraction of sp³-hybridized carbons (Fsp3) is 0.400. The average molecular weight is 439 g/mol. The van der Waals surface area contributed by atoms with Crippen LogP contribution in [-0.2, 0) is 14.3 Å². The molecule has 1 atom stereocenters. The van der Waals surface area contributed by atoms with Crippen LogP contribution in [0.3, 0.4) is 0 Å². The van der Waals surface area contributed by atoms with E-state index in [-0.39, 0.29) is 19.1 Å². The number of benzene rings is 2. The molecule has 7 nitrogen and oxygen atoms in total. The number of nitrogens with one attached hydrogen (secondary N) is 2. The van der Waals surface area contributed by atoms with Gasteiger partial charge >= 0.3 is 12.1 Å². The zero-order valence-electron chi connectivity index (χ0n) is 18.7. The van der Waals surface area contributed by atoms with Crippen LogP contribution >= 0.6 is 0 Å². The third kappa shape index (κ3) is 4.61.